The molecule has 0 radical (unpaired) electrons. The van der Waals surface area contributed by atoms with Crippen LogP contribution in [0.5, 0.6) is 0 Å². The molecule has 0 bridgehead atoms. The predicted molar refractivity (Wildman–Crippen MR) is 103 cm³/mol. The van der Waals surface area contributed by atoms with Crippen LogP contribution < -0.4 is 16.4 Å². The molecule has 146 valence electrons. The van der Waals surface area contributed by atoms with Gasteiger partial charge in [0.05, 0.1) is 11.0 Å². The van der Waals surface area contributed by atoms with Crippen LogP contribution in [0.25, 0.3) is 0 Å². The molecule has 1 aromatic carbocycles. The number of nitrogens with zero attached hydrogens (tertiary/aromatic N) is 1. The fraction of sp³-hybridized carbons (Fsp3) is 0.588. The Kier molecular flexibility index (Phi) is 7.37. The zero-order valence-corrected chi connectivity index (χ0v) is 16.1. The van der Waals surface area contributed by atoms with Gasteiger partial charge in [-0.05, 0) is 13.0 Å². The van der Waals surface area contributed by atoms with Gasteiger partial charge in [-0.3, -0.25) is 14.9 Å². The Morgan fingerprint density at radius 3 is 2.62 bits per heavy atom. The van der Waals surface area contributed by atoms with Crippen LogP contribution in [0, 0.1) is 15.5 Å². The number of hydrogen-bond donors (Lipinski definition) is 3. The van der Waals surface area contributed by atoms with Crippen molar-refractivity contribution in [3.05, 3.63) is 34.4 Å². The SMILES string of the molecule is CCOC1CC(N)(C(=O)NCCNc2ccccc2[N+](=O)[O-])C1(C)C.Cl. The summed E-state index contributed by atoms with van der Waals surface area (Å²) in [4.78, 5) is 23.0. The zero-order chi connectivity index (χ0) is 18.7. The van der Waals surface area contributed by atoms with E-state index in [2.05, 4.69) is 10.6 Å². The number of nitro groups is 1. The molecule has 4 N–H and O–H groups in total. The summed E-state index contributed by atoms with van der Waals surface area (Å²) in [5, 5.41) is 16.7. The fourth-order valence-electron chi connectivity index (χ4n) is 3.13. The maximum Gasteiger partial charge on any atom is 0.292 e. The van der Waals surface area contributed by atoms with E-state index in [1.807, 2.05) is 20.8 Å². The van der Waals surface area contributed by atoms with Gasteiger partial charge in [0.15, 0.2) is 0 Å². The van der Waals surface area contributed by atoms with Crippen molar-refractivity contribution in [2.75, 3.05) is 25.0 Å². The van der Waals surface area contributed by atoms with E-state index in [4.69, 9.17) is 10.5 Å². The second-order valence-electron chi connectivity index (χ2n) is 6.80. The van der Waals surface area contributed by atoms with Crippen molar-refractivity contribution in [2.24, 2.45) is 11.1 Å². The molecule has 0 spiro atoms. The topological polar surface area (TPSA) is 120 Å². The highest BCUT2D eigenvalue weighted by atomic mass is 35.5. The number of nitrogens with two attached hydrogens (primary N) is 1. The number of ether oxygens (including phenoxy) is 1. The van der Waals surface area contributed by atoms with Crippen LogP contribution in [-0.2, 0) is 9.53 Å². The van der Waals surface area contributed by atoms with Crippen molar-refractivity contribution in [1.29, 1.82) is 0 Å². The molecule has 1 aliphatic rings. The molecule has 2 atom stereocenters. The molecule has 2 rings (SSSR count). The van der Waals surface area contributed by atoms with Crippen LogP contribution >= 0.6 is 12.4 Å². The number of para-hydroxylation sites is 2. The summed E-state index contributed by atoms with van der Waals surface area (Å²) < 4.78 is 5.62. The third-order valence-electron chi connectivity index (χ3n) is 5.06. The van der Waals surface area contributed by atoms with E-state index in [-0.39, 0.29) is 30.1 Å². The number of amides is 1. The molecular formula is C17H27ClN4O4. The molecule has 9 heteroatoms. The predicted octanol–water partition coefficient (Wildman–Crippen LogP) is 2.08. The number of nitro benzene ring substituents is 1. The van der Waals surface area contributed by atoms with Gasteiger partial charge in [-0.1, -0.05) is 26.0 Å². The van der Waals surface area contributed by atoms with Crippen molar-refractivity contribution in [3.8, 4) is 0 Å². The third kappa shape index (κ3) is 4.08. The van der Waals surface area contributed by atoms with E-state index < -0.39 is 15.9 Å². The molecule has 26 heavy (non-hydrogen) atoms. The molecule has 1 aliphatic carbocycles. The maximum absolute atomic E-state index is 12.5. The van der Waals surface area contributed by atoms with Crippen molar-refractivity contribution in [3.63, 3.8) is 0 Å². The minimum Gasteiger partial charge on any atom is -0.378 e. The Morgan fingerprint density at radius 2 is 2.04 bits per heavy atom. The number of nitrogens with one attached hydrogen (secondary N) is 2. The summed E-state index contributed by atoms with van der Waals surface area (Å²) in [5.74, 6) is -0.224. The Bertz CT molecular complexity index is 655. The molecule has 0 aliphatic heterocycles. The maximum atomic E-state index is 12.5. The van der Waals surface area contributed by atoms with E-state index >= 15 is 0 Å². The monoisotopic (exact) mass is 386 g/mol. The van der Waals surface area contributed by atoms with Gasteiger partial charge in [0.1, 0.15) is 11.2 Å². The highest BCUT2D eigenvalue weighted by Crippen LogP contribution is 2.49. The summed E-state index contributed by atoms with van der Waals surface area (Å²) in [7, 11) is 0. The minimum atomic E-state index is -0.967. The first-order chi connectivity index (χ1) is 11.7. The first kappa shape index (κ1) is 22.1. The summed E-state index contributed by atoms with van der Waals surface area (Å²) in [6.07, 6.45) is 0.454. The van der Waals surface area contributed by atoms with E-state index in [9.17, 15) is 14.9 Å². The normalized spacial score (nSPS) is 23.3. The molecule has 0 aromatic heterocycles. The first-order valence-electron chi connectivity index (χ1n) is 8.40. The largest absolute Gasteiger partial charge is 0.378 e. The van der Waals surface area contributed by atoms with Gasteiger partial charge in [0, 0.05) is 37.6 Å². The Hall–Kier alpha value is -1.90. The van der Waals surface area contributed by atoms with Gasteiger partial charge in [-0.25, -0.2) is 0 Å². The zero-order valence-electron chi connectivity index (χ0n) is 15.3. The van der Waals surface area contributed by atoms with Gasteiger partial charge >= 0.3 is 0 Å². The van der Waals surface area contributed by atoms with Crippen molar-refractivity contribution < 1.29 is 14.5 Å². The molecule has 1 amide bonds. The van der Waals surface area contributed by atoms with Gasteiger partial charge in [0.25, 0.3) is 5.69 Å². The van der Waals surface area contributed by atoms with Crippen molar-refractivity contribution in [1.82, 2.24) is 5.32 Å². The van der Waals surface area contributed by atoms with Gasteiger partial charge in [-0.2, -0.15) is 0 Å². The smallest absolute Gasteiger partial charge is 0.292 e. The lowest BCUT2D eigenvalue weighted by Crippen LogP contribution is -2.75. The summed E-state index contributed by atoms with van der Waals surface area (Å²) >= 11 is 0. The lowest BCUT2D eigenvalue weighted by molar-refractivity contribution is -0.384. The van der Waals surface area contributed by atoms with Gasteiger partial charge < -0.3 is 21.1 Å². The van der Waals surface area contributed by atoms with E-state index in [0.717, 1.165) is 0 Å². The van der Waals surface area contributed by atoms with E-state index in [1.165, 1.54) is 6.07 Å². The minimum absolute atomic E-state index is 0. The molecule has 2 unspecified atom stereocenters. The molecular weight excluding hydrogens is 360 g/mol. The van der Waals surface area contributed by atoms with Crippen LogP contribution in [0.4, 0.5) is 11.4 Å². The van der Waals surface area contributed by atoms with E-state index in [1.54, 1.807) is 18.2 Å². The van der Waals surface area contributed by atoms with Crippen LogP contribution in [0.3, 0.4) is 0 Å². The third-order valence-corrected chi connectivity index (χ3v) is 5.06. The lowest BCUT2D eigenvalue weighted by atomic mass is 9.54. The standard InChI is InChI=1S/C17H26N4O4.ClH/c1-4-25-14-11-17(18,16(14,2)3)15(22)20-10-9-19-12-7-5-6-8-13(12)21(23)24;/h5-8,14,19H,4,9-11,18H2,1-3H3,(H,20,22);1H. The summed E-state index contributed by atoms with van der Waals surface area (Å²) in [5.41, 5.74) is 5.31. The molecule has 1 saturated carbocycles. The average Bonchev–Trinajstić information content (AvgIpc) is 2.58. The second kappa shape index (κ2) is 8.66. The van der Waals surface area contributed by atoms with Crippen molar-refractivity contribution >= 4 is 29.7 Å². The Balaban J connectivity index is 0.00000338. The number of hydrogen-bond acceptors (Lipinski definition) is 6. The Morgan fingerprint density at radius 1 is 1.38 bits per heavy atom. The molecule has 8 nitrogen and oxygen atoms in total. The Labute approximate surface area is 159 Å². The number of benzene rings is 1. The molecule has 1 fully saturated rings. The lowest BCUT2D eigenvalue weighted by Gasteiger charge is -2.57. The fourth-order valence-corrected chi connectivity index (χ4v) is 3.13. The number of anilines is 1. The number of rotatable bonds is 8. The molecule has 0 heterocycles. The average molecular weight is 387 g/mol. The van der Waals surface area contributed by atoms with Crippen LogP contribution in [0.15, 0.2) is 24.3 Å². The number of carbonyl (C=O) groups excluding carboxylic acids is 1. The summed E-state index contributed by atoms with van der Waals surface area (Å²) in [6.45, 7) is 7.05. The van der Waals surface area contributed by atoms with Crippen LogP contribution in [0.2, 0.25) is 0 Å². The van der Waals surface area contributed by atoms with Crippen molar-refractivity contribution in [2.45, 2.75) is 38.8 Å². The first-order valence-corrected chi connectivity index (χ1v) is 8.40. The van der Waals surface area contributed by atoms with Gasteiger partial charge in [-0.15, -0.1) is 12.4 Å². The van der Waals surface area contributed by atoms with E-state index in [0.29, 0.717) is 31.8 Å². The number of carbonyl (C=O) groups is 1. The van der Waals surface area contributed by atoms with Gasteiger partial charge in [0.2, 0.25) is 5.91 Å². The highest BCUT2D eigenvalue weighted by Gasteiger charge is 2.62. The van der Waals surface area contributed by atoms with Crippen LogP contribution in [-0.4, -0.2) is 42.2 Å². The second-order valence-corrected chi connectivity index (χ2v) is 6.80. The highest BCUT2D eigenvalue weighted by molar-refractivity contribution is 5.88. The quantitative estimate of drug-likeness (QED) is 0.357. The molecule has 0 saturated heterocycles. The van der Waals surface area contributed by atoms with Crippen LogP contribution in [0.1, 0.15) is 27.2 Å². The number of halogens is 1. The molecule has 1 aromatic rings. The summed E-state index contributed by atoms with van der Waals surface area (Å²) in [6, 6.07) is 6.39.